The van der Waals surface area contributed by atoms with E-state index in [9.17, 15) is 0 Å². The molecule has 0 radical (unpaired) electrons. The molecule has 0 fully saturated rings. The lowest BCUT2D eigenvalue weighted by molar-refractivity contribution is 0.439. The fourth-order valence-corrected chi connectivity index (χ4v) is 2.18. The van der Waals surface area contributed by atoms with Gasteiger partial charge in [0.2, 0.25) is 5.88 Å². The molecule has 0 saturated heterocycles. The Morgan fingerprint density at radius 3 is 2.82 bits per heavy atom. The van der Waals surface area contributed by atoms with Crippen molar-refractivity contribution >= 4 is 28.4 Å². The molecule has 1 aromatic carbocycles. The fraction of sp³-hybridized carbons (Fsp3) is 0.0833. The summed E-state index contributed by atoms with van der Waals surface area (Å²) in [7, 11) is 0. The Kier molecular flexibility index (Phi) is 2.12. The van der Waals surface area contributed by atoms with E-state index in [4.69, 9.17) is 21.9 Å². The topological polar surface area (TPSA) is 67.8 Å². The van der Waals surface area contributed by atoms with Crippen molar-refractivity contribution in [3.05, 3.63) is 35.0 Å². The van der Waals surface area contributed by atoms with Gasteiger partial charge in [0.05, 0.1) is 5.02 Å². The van der Waals surface area contributed by atoms with Gasteiger partial charge in [0.25, 0.3) is 0 Å². The van der Waals surface area contributed by atoms with Crippen LogP contribution in [0, 0.1) is 6.92 Å². The molecular weight excluding hydrogens is 238 g/mol. The SMILES string of the molecule is Cc1cc2cc(Cl)c(-c3cc(N)on3)cc2[nH]1. The number of fused-ring (bicyclic) bond motifs is 1. The number of benzene rings is 1. The van der Waals surface area contributed by atoms with Gasteiger partial charge in [0, 0.05) is 28.2 Å². The molecule has 3 N–H and O–H groups in total. The molecule has 17 heavy (non-hydrogen) atoms. The smallest absolute Gasteiger partial charge is 0.222 e. The van der Waals surface area contributed by atoms with Crippen LogP contribution in [0.3, 0.4) is 0 Å². The third-order valence-electron chi connectivity index (χ3n) is 2.65. The second-order valence-corrected chi connectivity index (χ2v) is 4.39. The molecule has 3 rings (SSSR count). The summed E-state index contributed by atoms with van der Waals surface area (Å²) in [5.41, 5.74) is 9.06. The van der Waals surface area contributed by atoms with Crippen LogP contribution in [0.15, 0.2) is 28.8 Å². The number of aromatic amines is 1. The largest absolute Gasteiger partial charge is 0.368 e. The summed E-state index contributed by atoms with van der Waals surface area (Å²) in [6, 6.07) is 7.55. The van der Waals surface area contributed by atoms with Crippen molar-refractivity contribution in [1.82, 2.24) is 10.1 Å². The summed E-state index contributed by atoms with van der Waals surface area (Å²) in [4.78, 5) is 3.25. The van der Waals surface area contributed by atoms with Gasteiger partial charge in [-0.25, -0.2) is 0 Å². The number of nitrogen functional groups attached to an aromatic ring is 1. The van der Waals surface area contributed by atoms with Crippen LogP contribution in [0.1, 0.15) is 5.69 Å². The van der Waals surface area contributed by atoms with Crippen molar-refractivity contribution < 1.29 is 4.52 Å². The number of aromatic nitrogens is 2. The van der Waals surface area contributed by atoms with E-state index in [1.807, 2.05) is 25.1 Å². The molecule has 3 aromatic rings. The number of hydrogen-bond acceptors (Lipinski definition) is 3. The minimum absolute atomic E-state index is 0.277. The van der Waals surface area contributed by atoms with Gasteiger partial charge in [0.1, 0.15) is 5.69 Å². The molecule has 0 amide bonds. The predicted molar refractivity (Wildman–Crippen MR) is 68.0 cm³/mol. The zero-order valence-electron chi connectivity index (χ0n) is 9.12. The Morgan fingerprint density at radius 1 is 1.29 bits per heavy atom. The quantitative estimate of drug-likeness (QED) is 0.693. The molecule has 0 unspecified atom stereocenters. The summed E-state index contributed by atoms with van der Waals surface area (Å²) >= 11 is 6.22. The highest BCUT2D eigenvalue weighted by Crippen LogP contribution is 2.32. The number of hydrogen-bond donors (Lipinski definition) is 2. The first-order valence-corrected chi connectivity index (χ1v) is 5.53. The highest BCUT2D eigenvalue weighted by atomic mass is 35.5. The fourth-order valence-electron chi connectivity index (χ4n) is 1.91. The van der Waals surface area contributed by atoms with Gasteiger partial charge >= 0.3 is 0 Å². The molecule has 4 nitrogen and oxygen atoms in total. The van der Waals surface area contributed by atoms with Crippen molar-refractivity contribution in [2.45, 2.75) is 6.92 Å². The van der Waals surface area contributed by atoms with Crippen LogP contribution in [-0.2, 0) is 0 Å². The van der Waals surface area contributed by atoms with Crippen LogP contribution in [0.25, 0.3) is 22.2 Å². The van der Waals surface area contributed by atoms with Crippen LogP contribution >= 0.6 is 11.6 Å². The van der Waals surface area contributed by atoms with Gasteiger partial charge in [-0.15, -0.1) is 0 Å². The highest BCUT2D eigenvalue weighted by molar-refractivity contribution is 6.34. The average Bonchev–Trinajstić information content (AvgIpc) is 2.82. The van der Waals surface area contributed by atoms with E-state index in [0.29, 0.717) is 10.7 Å². The molecular formula is C12H10ClN3O. The maximum absolute atomic E-state index is 6.22. The molecule has 0 aliphatic carbocycles. The Bertz CT molecular complexity index is 699. The zero-order valence-corrected chi connectivity index (χ0v) is 9.88. The number of nitrogens with two attached hydrogens (primary N) is 1. The van der Waals surface area contributed by atoms with Crippen molar-refractivity contribution in [1.29, 1.82) is 0 Å². The highest BCUT2D eigenvalue weighted by Gasteiger charge is 2.11. The van der Waals surface area contributed by atoms with Crippen LogP contribution < -0.4 is 5.73 Å². The van der Waals surface area contributed by atoms with E-state index in [1.165, 1.54) is 0 Å². The molecule has 0 aliphatic rings. The minimum Gasteiger partial charge on any atom is -0.368 e. The van der Waals surface area contributed by atoms with E-state index in [2.05, 4.69) is 10.1 Å². The minimum atomic E-state index is 0.277. The third kappa shape index (κ3) is 1.66. The van der Waals surface area contributed by atoms with Gasteiger partial charge in [-0.3, -0.25) is 0 Å². The molecule has 0 aliphatic heterocycles. The first-order valence-electron chi connectivity index (χ1n) is 5.15. The predicted octanol–water partition coefficient (Wildman–Crippen LogP) is 3.37. The van der Waals surface area contributed by atoms with Crippen molar-refractivity contribution in [3.8, 4) is 11.3 Å². The second-order valence-electron chi connectivity index (χ2n) is 3.99. The van der Waals surface area contributed by atoms with Crippen LogP contribution in [0.5, 0.6) is 0 Å². The van der Waals surface area contributed by atoms with Crippen molar-refractivity contribution in [2.75, 3.05) is 5.73 Å². The second kappa shape index (κ2) is 3.53. The first kappa shape index (κ1) is 10.2. The summed E-state index contributed by atoms with van der Waals surface area (Å²) in [5, 5.41) is 5.57. The number of anilines is 1. The molecule has 2 aromatic heterocycles. The molecule has 86 valence electrons. The van der Waals surface area contributed by atoms with Crippen LogP contribution in [-0.4, -0.2) is 10.1 Å². The summed E-state index contributed by atoms with van der Waals surface area (Å²) in [6.07, 6.45) is 0. The van der Waals surface area contributed by atoms with Gasteiger partial charge in [0.15, 0.2) is 0 Å². The molecule has 2 heterocycles. The molecule has 0 saturated carbocycles. The third-order valence-corrected chi connectivity index (χ3v) is 2.96. The monoisotopic (exact) mass is 247 g/mol. The number of aryl methyl sites for hydroxylation is 1. The lowest BCUT2D eigenvalue weighted by Crippen LogP contribution is -1.80. The summed E-state index contributed by atoms with van der Waals surface area (Å²) in [6.45, 7) is 2.00. The van der Waals surface area contributed by atoms with Gasteiger partial charge in [-0.1, -0.05) is 16.8 Å². The lowest BCUT2D eigenvalue weighted by atomic mass is 10.1. The lowest BCUT2D eigenvalue weighted by Gasteiger charge is -2.00. The Morgan fingerprint density at radius 2 is 2.12 bits per heavy atom. The molecule has 0 atom stereocenters. The standard InChI is InChI=1S/C12H10ClN3O/c1-6-2-7-3-9(13)8(4-10(7)15-6)11-5-12(14)17-16-11/h2-5,15H,14H2,1H3. The van der Waals surface area contributed by atoms with Gasteiger partial charge in [-0.2, -0.15) is 0 Å². The molecule has 5 heteroatoms. The summed E-state index contributed by atoms with van der Waals surface area (Å²) in [5.74, 6) is 0.277. The number of halogens is 1. The summed E-state index contributed by atoms with van der Waals surface area (Å²) < 4.78 is 4.85. The van der Waals surface area contributed by atoms with E-state index < -0.39 is 0 Å². The van der Waals surface area contributed by atoms with E-state index >= 15 is 0 Å². The molecule has 0 bridgehead atoms. The Balaban J connectivity index is 2.25. The Labute approximate surface area is 102 Å². The maximum Gasteiger partial charge on any atom is 0.222 e. The van der Waals surface area contributed by atoms with E-state index in [-0.39, 0.29) is 5.88 Å². The molecule has 0 spiro atoms. The Hall–Kier alpha value is -1.94. The van der Waals surface area contributed by atoms with Gasteiger partial charge in [-0.05, 0) is 25.1 Å². The van der Waals surface area contributed by atoms with E-state index in [1.54, 1.807) is 6.07 Å². The number of nitrogens with one attached hydrogen (secondary N) is 1. The zero-order chi connectivity index (χ0) is 12.0. The first-order chi connectivity index (χ1) is 8.13. The van der Waals surface area contributed by atoms with Gasteiger partial charge < -0.3 is 15.2 Å². The van der Waals surface area contributed by atoms with Crippen molar-refractivity contribution in [2.24, 2.45) is 0 Å². The number of H-pyrrole nitrogens is 1. The van der Waals surface area contributed by atoms with Crippen molar-refractivity contribution in [3.63, 3.8) is 0 Å². The van der Waals surface area contributed by atoms with Crippen LogP contribution in [0.4, 0.5) is 5.88 Å². The van der Waals surface area contributed by atoms with E-state index in [0.717, 1.165) is 22.2 Å². The van der Waals surface area contributed by atoms with Crippen LogP contribution in [0.2, 0.25) is 5.02 Å². The normalized spacial score (nSPS) is 11.2. The average molecular weight is 248 g/mol. The number of nitrogens with zero attached hydrogens (tertiary/aromatic N) is 1. The maximum atomic E-state index is 6.22. The number of rotatable bonds is 1.